The Hall–Kier alpha value is -2.11. The van der Waals surface area contributed by atoms with Crippen LogP contribution in [0, 0.1) is 5.92 Å². The monoisotopic (exact) mass is 289 g/mol. The van der Waals surface area contributed by atoms with Gasteiger partial charge >= 0.3 is 5.69 Å². The smallest absolute Gasteiger partial charge is 0.295 e. The van der Waals surface area contributed by atoms with Crippen LogP contribution in [0.15, 0.2) is 10.9 Å². The van der Waals surface area contributed by atoms with Crippen molar-refractivity contribution in [2.45, 2.75) is 39.2 Å². The van der Waals surface area contributed by atoms with E-state index in [1.54, 1.807) is 16.2 Å². The Morgan fingerprint density at radius 2 is 2.00 bits per heavy atom. The molecule has 2 atom stereocenters. The molecule has 6 nitrogen and oxygen atoms in total. The maximum Gasteiger partial charge on any atom is 0.329 e. The van der Waals surface area contributed by atoms with E-state index in [9.17, 15) is 14.4 Å². The van der Waals surface area contributed by atoms with Crippen LogP contribution in [-0.4, -0.2) is 20.9 Å². The molecule has 21 heavy (non-hydrogen) atoms. The summed E-state index contributed by atoms with van der Waals surface area (Å²) in [4.78, 5) is 36.0. The van der Waals surface area contributed by atoms with Crippen molar-refractivity contribution in [3.63, 3.8) is 0 Å². The Labute approximate surface area is 122 Å². The molecule has 1 aromatic heterocycles. The van der Waals surface area contributed by atoms with Crippen molar-refractivity contribution in [1.29, 1.82) is 0 Å². The Morgan fingerprint density at radius 1 is 1.29 bits per heavy atom. The van der Waals surface area contributed by atoms with Crippen molar-refractivity contribution < 1.29 is 9.59 Å². The van der Waals surface area contributed by atoms with Crippen LogP contribution < -0.4 is 11.0 Å². The normalized spacial score (nSPS) is 25.4. The summed E-state index contributed by atoms with van der Waals surface area (Å²) in [5, 5.41) is 2.33. The molecule has 0 saturated carbocycles. The van der Waals surface area contributed by atoms with Crippen molar-refractivity contribution in [1.82, 2.24) is 14.5 Å². The summed E-state index contributed by atoms with van der Waals surface area (Å²) >= 11 is 0. The fourth-order valence-corrected chi connectivity index (χ4v) is 3.49. The number of amides is 2. The third-order valence-electron chi connectivity index (χ3n) is 4.34. The highest BCUT2D eigenvalue weighted by molar-refractivity contribution is 5.99. The topological polar surface area (TPSA) is 73.1 Å². The van der Waals surface area contributed by atoms with Crippen molar-refractivity contribution in [3.8, 4) is 0 Å². The minimum absolute atomic E-state index is 0.184. The molecule has 1 fully saturated rings. The van der Waals surface area contributed by atoms with Gasteiger partial charge in [-0.3, -0.25) is 24.0 Å². The van der Waals surface area contributed by atoms with E-state index < -0.39 is 6.04 Å². The van der Waals surface area contributed by atoms with E-state index >= 15 is 0 Å². The number of rotatable bonds is 1. The van der Waals surface area contributed by atoms with E-state index in [4.69, 9.17) is 0 Å². The summed E-state index contributed by atoms with van der Waals surface area (Å²) in [6, 6.07) is -0.580. The van der Waals surface area contributed by atoms with Gasteiger partial charge in [-0.05, 0) is 31.3 Å². The van der Waals surface area contributed by atoms with Crippen molar-refractivity contribution in [3.05, 3.63) is 27.9 Å². The number of imide groups is 1. The van der Waals surface area contributed by atoms with Crippen LogP contribution in [0.2, 0.25) is 0 Å². The molecule has 1 aliphatic heterocycles. The maximum atomic E-state index is 12.6. The number of carbonyl (C=O) groups is 2. The fourth-order valence-electron chi connectivity index (χ4n) is 3.49. The van der Waals surface area contributed by atoms with Gasteiger partial charge in [0.25, 0.3) is 0 Å². The first-order chi connectivity index (χ1) is 9.90. The minimum atomic E-state index is -0.580. The van der Waals surface area contributed by atoms with Crippen LogP contribution in [0.25, 0.3) is 5.57 Å². The van der Waals surface area contributed by atoms with E-state index in [0.29, 0.717) is 12.3 Å². The number of piperidine rings is 1. The number of nitrogens with one attached hydrogen (secondary N) is 1. The number of hydrogen-bond donors (Lipinski definition) is 1. The second kappa shape index (κ2) is 4.72. The molecule has 1 saturated heterocycles. The molecule has 6 heteroatoms. The highest BCUT2D eigenvalue weighted by Crippen LogP contribution is 2.31. The lowest BCUT2D eigenvalue weighted by molar-refractivity contribution is -0.135. The van der Waals surface area contributed by atoms with Gasteiger partial charge < -0.3 is 0 Å². The van der Waals surface area contributed by atoms with E-state index in [1.807, 2.05) is 6.92 Å². The molecule has 2 aliphatic rings. The van der Waals surface area contributed by atoms with Gasteiger partial charge in [0.1, 0.15) is 6.04 Å². The predicted octanol–water partition coefficient (Wildman–Crippen LogP) is 0.760. The number of carbonyl (C=O) groups excluding carboxylic acids is 2. The lowest BCUT2D eigenvalue weighted by Gasteiger charge is -2.25. The second-order valence-corrected chi connectivity index (χ2v) is 6.00. The average molecular weight is 289 g/mol. The van der Waals surface area contributed by atoms with Gasteiger partial charge in [-0.25, -0.2) is 4.79 Å². The zero-order chi connectivity index (χ0) is 15.3. The Morgan fingerprint density at radius 3 is 2.67 bits per heavy atom. The van der Waals surface area contributed by atoms with Gasteiger partial charge in [-0.1, -0.05) is 13.0 Å². The van der Waals surface area contributed by atoms with Crippen LogP contribution in [0.1, 0.15) is 44.1 Å². The molecule has 0 radical (unpaired) electrons. The fraction of sp³-hybridized carbons (Fsp3) is 0.533. The number of aromatic nitrogens is 2. The van der Waals surface area contributed by atoms with E-state index in [2.05, 4.69) is 18.3 Å². The highest BCUT2D eigenvalue weighted by Gasteiger charge is 2.34. The standard InChI is InChI=1S/C15H19N3O3/c1-8-6-9(2)13-11(7-8)18(15(21)17(13)3)10-4-5-12(19)16-14(10)20/h6,8,10H,4-5,7H2,1-3H3,(H,16,19,20)/t8?,10-/m0/s1. The summed E-state index contributed by atoms with van der Waals surface area (Å²) < 4.78 is 3.20. The lowest BCUT2D eigenvalue weighted by atomic mass is 9.92. The first kappa shape index (κ1) is 13.9. The molecule has 0 spiro atoms. The third-order valence-corrected chi connectivity index (χ3v) is 4.34. The number of allylic oxidation sites excluding steroid dienone is 2. The van der Waals surface area contributed by atoms with Gasteiger partial charge in [0, 0.05) is 19.2 Å². The maximum absolute atomic E-state index is 12.6. The van der Waals surface area contributed by atoms with Crippen LogP contribution in [-0.2, 0) is 23.1 Å². The van der Waals surface area contributed by atoms with Crippen LogP contribution in [0.3, 0.4) is 0 Å². The number of nitrogens with zero attached hydrogens (tertiary/aromatic N) is 2. The number of imidazole rings is 1. The quantitative estimate of drug-likeness (QED) is 0.776. The summed E-state index contributed by atoms with van der Waals surface area (Å²) in [6.07, 6.45) is 3.55. The zero-order valence-corrected chi connectivity index (χ0v) is 12.5. The molecule has 112 valence electrons. The largest absolute Gasteiger partial charge is 0.329 e. The van der Waals surface area contributed by atoms with Crippen LogP contribution in [0.5, 0.6) is 0 Å². The van der Waals surface area contributed by atoms with E-state index in [1.165, 1.54) is 0 Å². The molecule has 0 bridgehead atoms. The first-order valence-electron chi connectivity index (χ1n) is 7.22. The predicted molar refractivity (Wildman–Crippen MR) is 77.6 cm³/mol. The van der Waals surface area contributed by atoms with E-state index in [0.717, 1.165) is 23.4 Å². The average Bonchev–Trinajstić information content (AvgIpc) is 2.63. The molecule has 1 unspecified atom stereocenters. The minimum Gasteiger partial charge on any atom is -0.295 e. The first-order valence-corrected chi connectivity index (χ1v) is 7.22. The van der Waals surface area contributed by atoms with E-state index in [-0.39, 0.29) is 23.9 Å². The number of hydrogen-bond acceptors (Lipinski definition) is 3. The lowest BCUT2D eigenvalue weighted by Crippen LogP contribution is -2.45. The molecule has 3 rings (SSSR count). The zero-order valence-electron chi connectivity index (χ0n) is 12.5. The number of fused-ring (bicyclic) bond motifs is 1. The molecule has 0 aromatic carbocycles. The van der Waals surface area contributed by atoms with Crippen LogP contribution >= 0.6 is 0 Å². The second-order valence-electron chi connectivity index (χ2n) is 6.00. The molecule has 1 aromatic rings. The Kier molecular flexibility index (Phi) is 3.11. The third kappa shape index (κ3) is 2.05. The van der Waals surface area contributed by atoms with Crippen molar-refractivity contribution in [2.24, 2.45) is 13.0 Å². The summed E-state index contributed by atoms with van der Waals surface area (Å²) in [5.41, 5.74) is 2.69. The van der Waals surface area contributed by atoms with Gasteiger partial charge in [0.2, 0.25) is 11.8 Å². The molecule has 2 amide bonds. The molecule has 1 N–H and O–H groups in total. The Balaban J connectivity index is 2.15. The van der Waals surface area contributed by atoms with Gasteiger partial charge in [0.15, 0.2) is 0 Å². The molecule has 1 aliphatic carbocycles. The molecular formula is C15H19N3O3. The van der Waals surface area contributed by atoms with Gasteiger partial charge in [-0.15, -0.1) is 0 Å². The van der Waals surface area contributed by atoms with Crippen molar-refractivity contribution in [2.75, 3.05) is 0 Å². The van der Waals surface area contributed by atoms with Crippen LogP contribution in [0.4, 0.5) is 0 Å². The summed E-state index contributed by atoms with van der Waals surface area (Å²) in [7, 11) is 1.73. The highest BCUT2D eigenvalue weighted by atomic mass is 16.2. The Bertz CT molecular complexity index is 723. The SMILES string of the molecule is CC1=CC(C)Cc2c1n(C)c(=O)n2[C@H]1CCC(=O)NC1=O. The summed E-state index contributed by atoms with van der Waals surface area (Å²) in [5.74, 6) is -0.306. The summed E-state index contributed by atoms with van der Waals surface area (Å²) in [6.45, 7) is 4.08. The van der Waals surface area contributed by atoms with Crippen molar-refractivity contribution >= 4 is 17.4 Å². The molecular weight excluding hydrogens is 270 g/mol. The van der Waals surface area contributed by atoms with Gasteiger partial charge in [0.05, 0.1) is 5.69 Å². The molecule has 2 heterocycles. The van der Waals surface area contributed by atoms with Gasteiger partial charge in [-0.2, -0.15) is 0 Å².